The minimum Gasteiger partial charge on any atom is -0.465 e. The Morgan fingerprint density at radius 3 is 2.42 bits per heavy atom. The molecule has 0 fully saturated rings. The third-order valence-corrected chi connectivity index (χ3v) is 3.12. The van der Waals surface area contributed by atoms with E-state index >= 15 is 0 Å². The van der Waals surface area contributed by atoms with Gasteiger partial charge >= 0.3 is 5.97 Å². The molecule has 0 aliphatic rings. The number of ether oxygens (including phenoxy) is 1. The third-order valence-electron chi connectivity index (χ3n) is 3.12. The minimum absolute atomic E-state index is 0.286. The zero-order chi connectivity index (χ0) is 13.9. The van der Waals surface area contributed by atoms with Crippen LogP contribution in [0.5, 0.6) is 0 Å². The predicted octanol–water partition coefficient (Wildman–Crippen LogP) is 4.85. The second kappa shape index (κ2) is 9.37. The average Bonchev–Trinajstić information content (AvgIpc) is 2.46. The number of carbonyl (C=O) groups is 1. The molecular formula is C17H24O2. The largest absolute Gasteiger partial charge is 0.465 e. The molecule has 104 valence electrons. The molecule has 19 heavy (non-hydrogen) atoms. The van der Waals surface area contributed by atoms with Crippen LogP contribution in [0.2, 0.25) is 0 Å². The summed E-state index contributed by atoms with van der Waals surface area (Å²) in [6.45, 7) is 2.23. The fourth-order valence-corrected chi connectivity index (χ4v) is 1.93. The van der Waals surface area contributed by atoms with Gasteiger partial charge in [-0.2, -0.15) is 0 Å². The lowest BCUT2D eigenvalue weighted by Crippen LogP contribution is -2.00. The molecule has 0 N–H and O–H groups in total. The van der Waals surface area contributed by atoms with E-state index in [9.17, 15) is 4.79 Å². The fourth-order valence-electron chi connectivity index (χ4n) is 1.93. The summed E-state index contributed by atoms with van der Waals surface area (Å²) in [6.07, 6.45) is 12.0. The summed E-state index contributed by atoms with van der Waals surface area (Å²) in [6, 6.07) is 7.49. The van der Waals surface area contributed by atoms with E-state index in [1.54, 1.807) is 12.1 Å². The summed E-state index contributed by atoms with van der Waals surface area (Å²) < 4.78 is 4.66. The highest BCUT2D eigenvalue weighted by atomic mass is 16.5. The van der Waals surface area contributed by atoms with E-state index in [-0.39, 0.29) is 5.97 Å². The van der Waals surface area contributed by atoms with Crippen LogP contribution in [0.15, 0.2) is 30.3 Å². The van der Waals surface area contributed by atoms with E-state index in [1.165, 1.54) is 39.2 Å². The van der Waals surface area contributed by atoms with Crippen LogP contribution in [0.1, 0.15) is 61.4 Å². The zero-order valence-corrected chi connectivity index (χ0v) is 12.0. The van der Waals surface area contributed by atoms with Gasteiger partial charge in [0, 0.05) is 0 Å². The number of allylic oxidation sites excluding steroid dienone is 1. The van der Waals surface area contributed by atoms with Gasteiger partial charge in [0.1, 0.15) is 0 Å². The molecule has 1 aromatic rings. The molecular weight excluding hydrogens is 236 g/mol. The van der Waals surface area contributed by atoms with Crippen LogP contribution in [0.3, 0.4) is 0 Å². The maximum absolute atomic E-state index is 11.3. The van der Waals surface area contributed by atoms with Crippen LogP contribution in [0.25, 0.3) is 6.08 Å². The van der Waals surface area contributed by atoms with Crippen molar-refractivity contribution in [2.24, 2.45) is 0 Å². The topological polar surface area (TPSA) is 26.3 Å². The van der Waals surface area contributed by atoms with Crippen molar-refractivity contribution in [2.75, 3.05) is 7.11 Å². The van der Waals surface area contributed by atoms with Gasteiger partial charge in [0.25, 0.3) is 0 Å². The van der Waals surface area contributed by atoms with Crippen LogP contribution >= 0.6 is 0 Å². The van der Waals surface area contributed by atoms with Gasteiger partial charge in [-0.25, -0.2) is 4.79 Å². The standard InChI is InChI=1S/C17H24O2/c1-3-4-5-6-7-8-9-10-15-11-13-16(14-12-15)17(18)19-2/h9-14H,3-8H2,1-2H3/b10-9+. The number of unbranched alkanes of at least 4 members (excludes halogenated alkanes) is 5. The molecule has 0 heterocycles. The van der Waals surface area contributed by atoms with Gasteiger partial charge in [0.05, 0.1) is 12.7 Å². The third kappa shape index (κ3) is 6.23. The number of rotatable bonds is 8. The predicted molar refractivity (Wildman–Crippen MR) is 80.2 cm³/mol. The first kappa shape index (κ1) is 15.5. The van der Waals surface area contributed by atoms with E-state index in [4.69, 9.17) is 0 Å². The number of esters is 1. The summed E-state index contributed by atoms with van der Waals surface area (Å²) in [5.74, 6) is -0.286. The van der Waals surface area contributed by atoms with E-state index in [0.29, 0.717) is 5.56 Å². The molecule has 0 spiro atoms. The molecule has 0 aromatic heterocycles. The van der Waals surface area contributed by atoms with Gasteiger partial charge in [-0.15, -0.1) is 0 Å². The van der Waals surface area contributed by atoms with Crippen LogP contribution in [-0.2, 0) is 4.74 Å². The van der Waals surface area contributed by atoms with Crippen molar-refractivity contribution in [3.8, 4) is 0 Å². The summed E-state index contributed by atoms with van der Waals surface area (Å²) in [5, 5.41) is 0. The molecule has 0 saturated heterocycles. The molecule has 1 aromatic carbocycles. The van der Waals surface area contributed by atoms with Crippen LogP contribution in [-0.4, -0.2) is 13.1 Å². The molecule has 0 bridgehead atoms. The molecule has 0 radical (unpaired) electrons. The SMILES string of the molecule is CCCCCCC/C=C/c1ccc(C(=O)OC)cc1. The fraction of sp³-hybridized carbons (Fsp3) is 0.471. The number of carbonyl (C=O) groups excluding carboxylic acids is 1. The molecule has 0 aliphatic carbocycles. The van der Waals surface area contributed by atoms with E-state index in [1.807, 2.05) is 12.1 Å². The molecule has 2 nitrogen and oxygen atoms in total. The Balaban J connectivity index is 2.30. The molecule has 0 aliphatic heterocycles. The van der Waals surface area contributed by atoms with Gasteiger partial charge < -0.3 is 4.74 Å². The summed E-state index contributed by atoms with van der Waals surface area (Å²) in [5.41, 5.74) is 1.72. The maximum Gasteiger partial charge on any atom is 0.337 e. The van der Waals surface area contributed by atoms with Crippen LogP contribution < -0.4 is 0 Å². The van der Waals surface area contributed by atoms with Crippen molar-refractivity contribution in [3.63, 3.8) is 0 Å². The molecule has 2 heteroatoms. The normalized spacial score (nSPS) is 10.8. The molecule has 0 saturated carbocycles. The van der Waals surface area contributed by atoms with Crippen molar-refractivity contribution < 1.29 is 9.53 Å². The number of hydrogen-bond donors (Lipinski definition) is 0. The number of methoxy groups -OCH3 is 1. The van der Waals surface area contributed by atoms with E-state index in [0.717, 1.165) is 12.0 Å². The van der Waals surface area contributed by atoms with Crippen molar-refractivity contribution in [3.05, 3.63) is 41.5 Å². The highest BCUT2D eigenvalue weighted by Gasteiger charge is 2.02. The van der Waals surface area contributed by atoms with E-state index < -0.39 is 0 Å². The van der Waals surface area contributed by atoms with Crippen LogP contribution in [0, 0.1) is 0 Å². The first-order valence-corrected chi connectivity index (χ1v) is 7.13. The Morgan fingerprint density at radius 1 is 1.11 bits per heavy atom. The molecule has 0 atom stereocenters. The highest BCUT2D eigenvalue weighted by Crippen LogP contribution is 2.10. The smallest absolute Gasteiger partial charge is 0.337 e. The van der Waals surface area contributed by atoms with Gasteiger partial charge in [-0.1, -0.05) is 56.9 Å². The van der Waals surface area contributed by atoms with Gasteiger partial charge in [0.2, 0.25) is 0 Å². The van der Waals surface area contributed by atoms with Crippen molar-refractivity contribution >= 4 is 12.0 Å². The Bertz CT molecular complexity index is 390. The highest BCUT2D eigenvalue weighted by molar-refractivity contribution is 5.89. The summed E-state index contributed by atoms with van der Waals surface area (Å²) in [4.78, 5) is 11.3. The molecule has 0 unspecified atom stereocenters. The number of hydrogen-bond acceptors (Lipinski definition) is 2. The van der Waals surface area contributed by atoms with Gasteiger partial charge in [-0.3, -0.25) is 0 Å². The Morgan fingerprint density at radius 2 is 1.79 bits per heavy atom. The molecule has 1 rings (SSSR count). The van der Waals surface area contributed by atoms with Crippen molar-refractivity contribution in [2.45, 2.75) is 45.4 Å². The lowest BCUT2D eigenvalue weighted by Gasteiger charge is -1.99. The lowest BCUT2D eigenvalue weighted by molar-refractivity contribution is 0.0601. The van der Waals surface area contributed by atoms with Crippen molar-refractivity contribution in [1.29, 1.82) is 0 Å². The lowest BCUT2D eigenvalue weighted by atomic mass is 10.1. The molecule has 0 amide bonds. The Labute approximate surface area is 116 Å². The number of benzene rings is 1. The van der Waals surface area contributed by atoms with Crippen molar-refractivity contribution in [1.82, 2.24) is 0 Å². The minimum atomic E-state index is -0.286. The second-order valence-corrected chi connectivity index (χ2v) is 4.72. The summed E-state index contributed by atoms with van der Waals surface area (Å²) >= 11 is 0. The van der Waals surface area contributed by atoms with Gasteiger partial charge in [-0.05, 0) is 30.5 Å². The quantitative estimate of drug-likeness (QED) is 0.493. The first-order chi connectivity index (χ1) is 9.27. The van der Waals surface area contributed by atoms with Crippen LogP contribution in [0.4, 0.5) is 0 Å². The maximum atomic E-state index is 11.3. The van der Waals surface area contributed by atoms with E-state index in [2.05, 4.69) is 23.8 Å². The second-order valence-electron chi connectivity index (χ2n) is 4.72. The Kier molecular flexibility index (Phi) is 7.64. The zero-order valence-electron chi connectivity index (χ0n) is 12.0. The van der Waals surface area contributed by atoms with Gasteiger partial charge in [0.15, 0.2) is 0 Å². The summed E-state index contributed by atoms with van der Waals surface area (Å²) in [7, 11) is 1.40. The first-order valence-electron chi connectivity index (χ1n) is 7.13. The monoisotopic (exact) mass is 260 g/mol. The average molecular weight is 260 g/mol. The Hall–Kier alpha value is -1.57.